The highest BCUT2D eigenvalue weighted by atomic mass is 32.2. The van der Waals surface area contributed by atoms with Gasteiger partial charge in [0.05, 0.1) is 12.5 Å². The molecule has 0 aromatic rings. The average Bonchev–Trinajstić information content (AvgIpc) is 2.34. The van der Waals surface area contributed by atoms with Crippen LogP contribution in [0.3, 0.4) is 0 Å². The van der Waals surface area contributed by atoms with Gasteiger partial charge in [-0.15, -0.1) is 0 Å². The average molecular weight is 159 g/mol. The maximum Gasteiger partial charge on any atom is 0.157 e. The van der Waals surface area contributed by atoms with E-state index in [0.717, 1.165) is 13.1 Å². The number of rotatable bonds is 2. The minimum atomic E-state index is -1.05. The van der Waals surface area contributed by atoms with Crippen molar-refractivity contribution in [3.05, 3.63) is 0 Å². The Morgan fingerprint density at radius 1 is 1.90 bits per heavy atom. The Hall–Kier alpha value is -0.710. The number of amidine groups is 1. The molecule has 5 heteroatoms. The second kappa shape index (κ2) is 3.46. The lowest BCUT2D eigenvalue weighted by atomic mass is 10.7. The quantitative estimate of drug-likeness (QED) is 0.528. The fraction of sp³-hybridized carbons (Fsp3) is 0.600. The van der Waals surface area contributed by atoms with Gasteiger partial charge in [-0.05, 0) is 0 Å². The van der Waals surface area contributed by atoms with Crippen LogP contribution in [0, 0.1) is 0 Å². The van der Waals surface area contributed by atoms with E-state index in [4.69, 9.17) is 0 Å². The van der Waals surface area contributed by atoms with Gasteiger partial charge < -0.3 is 15.2 Å². The van der Waals surface area contributed by atoms with Crippen molar-refractivity contribution in [2.45, 2.75) is 0 Å². The Bertz CT molecular complexity index is 169. The predicted octanol–water partition coefficient (Wildman–Crippen LogP) is -1.57. The minimum Gasteiger partial charge on any atom is -0.549 e. The summed E-state index contributed by atoms with van der Waals surface area (Å²) in [5.41, 5.74) is 0. The number of carbonyl (C=O) groups excluding carboxylic acids is 1. The van der Waals surface area contributed by atoms with Gasteiger partial charge in [0, 0.05) is 12.3 Å². The molecule has 0 atom stereocenters. The highest BCUT2D eigenvalue weighted by Gasteiger charge is 2.03. The molecule has 0 saturated carbocycles. The largest absolute Gasteiger partial charge is 0.549 e. The van der Waals surface area contributed by atoms with Gasteiger partial charge in [0.1, 0.15) is 0 Å². The number of carboxylic acids is 1. The molecule has 0 bridgehead atoms. The monoisotopic (exact) mass is 159 g/mol. The number of nitrogens with one attached hydrogen (secondary N) is 1. The lowest BCUT2D eigenvalue weighted by molar-refractivity contribution is -0.301. The molecule has 0 radical (unpaired) electrons. The van der Waals surface area contributed by atoms with Crippen molar-refractivity contribution in [3.8, 4) is 0 Å². The molecule has 0 fully saturated rings. The van der Waals surface area contributed by atoms with Crippen molar-refractivity contribution in [2.75, 3.05) is 18.8 Å². The van der Waals surface area contributed by atoms with Crippen LogP contribution in [0.15, 0.2) is 4.99 Å². The third-order valence-corrected chi connectivity index (χ3v) is 1.90. The molecule has 56 valence electrons. The molecule has 0 spiro atoms. The normalized spacial score (nSPS) is 16.2. The van der Waals surface area contributed by atoms with Crippen LogP contribution in [-0.2, 0) is 4.79 Å². The molecule has 0 saturated heterocycles. The van der Waals surface area contributed by atoms with Gasteiger partial charge in [0.2, 0.25) is 0 Å². The summed E-state index contributed by atoms with van der Waals surface area (Å²) in [4.78, 5) is 13.9. The zero-order chi connectivity index (χ0) is 7.40. The van der Waals surface area contributed by atoms with Crippen LogP contribution >= 0.6 is 11.8 Å². The molecule has 4 nitrogen and oxygen atoms in total. The third kappa shape index (κ3) is 2.26. The van der Waals surface area contributed by atoms with E-state index in [1.165, 1.54) is 11.8 Å². The van der Waals surface area contributed by atoms with Crippen LogP contribution < -0.4 is 10.4 Å². The molecule has 0 aromatic heterocycles. The molecular weight excluding hydrogens is 152 g/mol. The molecule has 10 heavy (non-hydrogen) atoms. The predicted molar refractivity (Wildman–Crippen MR) is 37.8 cm³/mol. The first-order chi connectivity index (χ1) is 4.79. The first kappa shape index (κ1) is 7.40. The third-order valence-electron chi connectivity index (χ3n) is 0.970. The summed E-state index contributed by atoms with van der Waals surface area (Å²) in [7, 11) is 0. The minimum absolute atomic E-state index is 0.0220. The lowest BCUT2D eigenvalue weighted by Crippen LogP contribution is -2.26. The van der Waals surface area contributed by atoms with Crippen LogP contribution in [-0.4, -0.2) is 30.0 Å². The molecule has 0 aromatic carbocycles. The maximum absolute atomic E-state index is 9.94. The van der Waals surface area contributed by atoms with E-state index in [1.807, 2.05) is 0 Å². The van der Waals surface area contributed by atoms with Crippen LogP contribution in [0.1, 0.15) is 0 Å². The molecule has 1 heterocycles. The van der Waals surface area contributed by atoms with Crippen molar-refractivity contribution in [1.29, 1.82) is 0 Å². The van der Waals surface area contributed by atoms with Crippen molar-refractivity contribution in [3.63, 3.8) is 0 Å². The second-order valence-electron chi connectivity index (χ2n) is 1.77. The second-order valence-corrected chi connectivity index (χ2v) is 2.74. The van der Waals surface area contributed by atoms with Crippen LogP contribution in [0.25, 0.3) is 0 Å². The number of carbonyl (C=O) groups is 1. The summed E-state index contributed by atoms with van der Waals surface area (Å²) in [6, 6.07) is 0. The Kier molecular flexibility index (Phi) is 2.56. The molecular formula is C5H7N2O2S-. The summed E-state index contributed by atoms with van der Waals surface area (Å²) in [6.07, 6.45) is 0. The van der Waals surface area contributed by atoms with Crippen molar-refractivity contribution >= 4 is 22.9 Å². The Balaban J connectivity index is 2.19. The molecule has 1 rings (SSSR count). The van der Waals surface area contributed by atoms with E-state index in [0.29, 0.717) is 5.17 Å². The number of hydrogen-bond donors (Lipinski definition) is 1. The first-order valence-corrected chi connectivity index (χ1v) is 3.88. The summed E-state index contributed by atoms with van der Waals surface area (Å²) >= 11 is 1.17. The summed E-state index contributed by atoms with van der Waals surface area (Å²) < 4.78 is 0. The Labute approximate surface area is 62.7 Å². The van der Waals surface area contributed by atoms with Crippen LogP contribution in [0.4, 0.5) is 0 Å². The number of aliphatic imine (C=N–C) groups is 1. The van der Waals surface area contributed by atoms with Crippen molar-refractivity contribution in [1.82, 2.24) is 5.32 Å². The summed E-state index contributed by atoms with van der Waals surface area (Å²) in [6.45, 7) is 1.56. The number of hydrogen-bond acceptors (Lipinski definition) is 5. The Morgan fingerprint density at radius 2 is 2.70 bits per heavy atom. The standard InChI is InChI=1S/C5H8N2O2S/c8-4(9)3-10-5-6-1-2-7-5/h1-3H2,(H,6,7)(H,8,9)/p-1. The topological polar surface area (TPSA) is 64.5 Å². The van der Waals surface area contributed by atoms with Gasteiger partial charge in [-0.2, -0.15) is 0 Å². The van der Waals surface area contributed by atoms with E-state index in [-0.39, 0.29) is 5.75 Å². The van der Waals surface area contributed by atoms with Gasteiger partial charge in [-0.3, -0.25) is 4.99 Å². The first-order valence-electron chi connectivity index (χ1n) is 2.90. The van der Waals surface area contributed by atoms with Gasteiger partial charge in [-0.1, -0.05) is 11.8 Å². The van der Waals surface area contributed by atoms with Gasteiger partial charge in [-0.25, -0.2) is 0 Å². The van der Waals surface area contributed by atoms with Gasteiger partial charge in [0.15, 0.2) is 5.17 Å². The number of nitrogens with zero attached hydrogens (tertiary/aromatic N) is 1. The molecule has 0 aliphatic carbocycles. The Morgan fingerprint density at radius 3 is 3.20 bits per heavy atom. The molecule has 0 unspecified atom stereocenters. The van der Waals surface area contributed by atoms with Crippen molar-refractivity contribution < 1.29 is 9.90 Å². The van der Waals surface area contributed by atoms with Gasteiger partial charge in [0.25, 0.3) is 0 Å². The summed E-state index contributed by atoms with van der Waals surface area (Å²) in [5, 5.41) is 13.6. The lowest BCUT2D eigenvalue weighted by Gasteiger charge is -2.00. The fourth-order valence-corrected chi connectivity index (χ4v) is 1.24. The smallest absolute Gasteiger partial charge is 0.157 e. The summed E-state index contributed by atoms with van der Waals surface area (Å²) in [5.74, 6) is -1.08. The van der Waals surface area contributed by atoms with E-state index in [9.17, 15) is 9.90 Å². The van der Waals surface area contributed by atoms with E-state index < -0.39 is 5.97 Å². The highest BCUT2D eigenvalue weighted by molar-refractivity contribution is 8.14. The maximum atomic E-state index is 9.94. The number of carboxylic acid groups (broad SMARTS) is 1. The zero-order valence-electron chi connectivity index (χ0n) is 5.29. The highest BCUT2D eigenvalue weighted by Crippen LogP contribution is 2.03. The van der Waals surface area contributed by atoms with Crippen LogP contribution in [0.5, 0.6) is 0 Å². The fourth-order valence-electron chi connectivity index (χ4n) is 0.600. The number of thioether (sulfide) groups is 1. The SMILES string of the molecule is O=C([O-])CSC1=NCCN1. The molecule has 1 aliphatic heterocycles. The van der Waals surface area contributed by atoms with E-state index in [1.54, 1.807) is 0 Å². The zero-order valence-corrected chi connectivity index (χ0v) is 6.11. The number of aliphatic carboxylic acids is 1. The molecule has 1 aliphatic rings. The van der Waals surface area contributed by atoms with E-state index in [2.05, 4.69) is 10.3 Å². The molecule has 0 amide bonds. The van der Waals surface area contributed by atoms with Gasteiger partial charge >= 0.3 is 0 Å². The van der Waals surface area contributed by atoms with Crippen LogP contribution in [0.2, 0.25) is 0 Å². The van der Waals surface area contributed by atoms with Crippen molar-refractivity contribution in [2.24, 2.45) is 4.99 Å². The van der Waals surface area contributed by atoms with E-state index >= 15 is 0 Å². The molecule has 1 N–H and O–H groups in total.